The minimum absolute atomic E-state index is 0.166. The number of nitrogens with one attached hydrogen (secondary N) is 1. The van der Waals surface area contributed by atoms with Crippen LogP contribution in [0.5, 0.6) is 11.5 Å². The highest BCUT2D eigenvalue weighted by Gasteiger charge is 2.29. The lowest BCUT2D eigenvalue weighted by Crippen LogP contribution is -2.51. The molecule has 3 rings (SSSR count). The molecule has 0 fully saturated rings. The van der Waals surface area contributed by atoms with E-state index in [9.17, 15) is 18.0 Å². The quantitative estimate of drug-likeness (QED) is 0.408. The molecular formula is C28H33N3O5S. The summed E-state index contributed by atoms with van der Waals surface area (Å²) in [5, 5.41) is 2.74. The van der Waals surface area contributed by atoms with Crippen molar-refractivity contribution in [3.8, 4) is 11.5 Å². The molecule has 196 valence electrons. The van der Waals surface area contributed by atoms with Crippen LogP contribution < -0.4 is 14.4 Å². The fourth-order valence-corrected chi connectivity index (χ4v) is 4.56. The van der Waals surface area contributed by atoms with Crippen molar-refractivity contribution >= 4 is 27.5 Å². The van der Waals surface area contributed by atoms with E-state index in [1.807, 2.05) is 61.5 Å². The van der Waals surface area contributed by atoms with E-state index in [0.29, 0.717) is 23.7 Å². The number of amides is 2. The first-order chi connectivity index (χ1) is 17.6. The normalized spacial score (nSPS) is 11.9. The Morgan fingerprint density at radius 3 is 2.08 bits per heavy atom. The highest BCUT2D eigenvalue weighted by molar-refractivity contribution is 7.92. The number of aryl methyl sites for hydroxylation is 1. The first kappa shape index (κ1) is 27.7. The fraction of sp³-hybridized carbons (Fsp3) is 0.286. The van der Waals surface area contributed by atoms with Crippen molar-refractivity contribution in [2.75, 3.05) is 23.7 Å². The lowest BCUT2D eigenvalue weighted by molar-refractivity contribution is -0.139. The lowest BCUT2D eigenvalue weighted by Gasteiger charge is -2.31. The zero-order chi connectivity index (χ0) is 27.0. The topological polar surface area (TPSA) is 96.0 Å². The second-order valence-corrected chi connectivity index (χ2v) is 10.7. The second kappa shape index (κ2) is 12.4. The molecule has 0 spiro atoms. The number of hydrogen-bond acceptors (Lipinski definition) is 5. The summed E-state index contributed by atoms with van der Waals surface area (Å²) in [6, 6.07) is 22.5. The summed E-state index contributed by atoms with van der Waals surface area (Å²) in [4.78, 5) is 27.5. The summed E-state index contributed by atoms with van der Waals surface area (Å²) >= 11 is 0. The van der Waals surface area contributed by atoms with E-state index in [-0.39, 0.29) is 12.5 Å². The Bertz CT molecular complexity index is 1290. The molecule has 2 amide bonds. The van der Waals surface area contributed by atoms with Crippen LogP contribution in [0, 0.1) is 6.92 Å². The van der Waals surface area contributed by atoms with E-state index in [2.05, 4.69) is 5.32 Å². The van der Waals surface area contributed by atoms with Crippen molar-refractivity contribution in [1.29, 1.82) is 0 Å². The van der Waals surface area contributed by atoms with Gasteiger partial charge in [0, 0.05) is 13.1 Å². The zero-order valence-electron chi connectivity index (χ0n) is 21.5. The number of benzene rings is 3. The number of anilines is 1. The van der Waals surface area contributed by atoms with E-state index < -0.39 is 28.5 Å². The number of sulfonamides is 1. The molecule has 8 nitrogen and oxygen atoms in total. The molecule has 0 saturated carbocycles. The molecule has 0 aromatic heterocycles. The summed E-state index contributed by atoms with van der Waals surface area (Å²) in [6.07, 6.45) is 1.05. The summed E-state index contributed by atoms with van der Waals surface area (Å²) in [7, 11) is -3.81. The molecule has 9 heteroatoms. The zero-order valence-corrected chi connectivity index (χ0v) is 22.4. The molecule has 0 aliphatic carbocycles. The Labute approximate surface area is 218 Å². The Morgan fingerprint density at radius 2 is 1.51 bits per heavy atom. The predicted molar refractivity (Wildman–Crippen MR) is 145 cm³/mol. The summed E-state index contributed by atoms with van der Waals surface area (Å²) in [5.74, 6) is 0.378. The summed E-state index contributed by atoms with van der Waals surface area (Å²) in [5.41, 5.74) is 2.22. The second-order valence-electron chi connectivity index (χ2n) is 8.76. The monoisotopic (exact) mass is 523 g/mol. The van der Waals surface area contributed by atoms with Crippen molar-refractivity contribution in [2.24, 2.45) is 0 Å². The Balaban J connectivity index is 1.85. The minimum atomic E-state index is -3.81. The number of rotatable bonds is 11. The Morgan fingerprint density at radius 1 is 0.919 bits per heavy atom. The van der Waals surface area contributed by atoms with Gasteiger partial charge in [0.15, 0.2) is 0 Å². The highest BCUT2D eigenvalue weighted by atomic mass is 32.2. The third-order valence-corrected chi connectivity index (χ3v) is 6.92. The van der Waals surface area contributed by atoms with Crippen LogP contribution in [0.2, 0.25) is 0 Å². The molecule has 0 bridgehead atoms. The smallest absolute Gasteiger partial charge is 0.244 e. The predicted octanol–water partition coefficient (Wildman–Crippen LogP) is 4.11. The standard InChI is InChI=1S/C28H33N3O5S/c1-5-29-28(33)22(3)30(19-23-13-11-21(2)12-14-23)27(32)20-31(37(4,34)35)24-15-17-26(18-16-24)36-25-9-7-6-8-10-25/h6-18,22H,5,19-20H2,1-4H3,(H,29,33)/t22-/m1/s1. The first-order valence-corrected chi connectivity index (χ1v) is 13.9. The van der Waals surface area contributed by atoms with Crippen LogP contribution in [0.4, 0.5) is 5.69 Å². The van der Waals surface area contributed by atoms with Crippen molar-refractivity contribution in [2.45, 2.75) is 33.4 Å². The van der Waals surface area contributed by atoms with Crippen LogP contribution in [-0.4, -0.2) is 50.5 Å². The summed E-state index contributed by atoms with van der Waals surface area (Å²) in [6.45, 7) is 5.53. The van der Waals surface area contributed by atoms with E-state index in [1.54, 1.807) is 38.1 Å². The van der Waals surface area contributed by atoms with Gasteiger partial charge in [-0.15, -0.1) is 0 Å². The van der Waals surface area contributed by atoms with E-state index in [4.69, 9.17) is 4.74 Å². The van der Waals surface area contributed by atoms with Crippen LogP contribution in [0.15, 0.2) is 78.9 Å². The number of para-hydroxylation sites is 1. The SMILES string of the molecule is CCNC(=O)[C@@H](C)N(Cc1ccc(C)cc1)C(=O)CN(c1ccc(Oc2ccccc2)cc1)S(C)(=O)=O. The maximum absolute atomic E-state index is 13.5. The third kappa shape index (κ3) is 7.82. The van der Waals surface area contributed by atoms with Crippen LogP contribution in [0.3, 0.4) is 0 Å². The molecule has 1 N–H and O–H groups in total. The first-order valence-electron chi connectivity index (χ1n) is 12.0. The minimum Gasteiger partial charge on any atom is -0.457 e. The average Bonchev–Trinajstić information content (AvgIpc) is 2.87. The molecule has 0 heterocycles. The molecule has 3 aromatic carbocycles. The maximum Gasteiger partial charge on any atom is 0.244 e. The van der Waals surface area contributed by atoms with Gasteiger partial charge in [0.2, 0.25) is 21.8 Å². The van der Waals surface area contributed by atoms with E-state index >= 15 is 0 Å². The number of likely N-dealkylation sites (N-methyl/N-ethyl adjacent to an activating group) is 1. The van der Waals surface area contributed by atoms with E-state index in [1.165, 1.54) is 4.90 Å². The number of hydrogen-bond donors (Lipinski definition) is 1. The molecule has 0 saturated heterocycles. The van der Waals surface area contributed by atoms with Crippen LogP contribution >= 0.6 is 0 Å². The van der Waals surface area contributed by atoms with Crippen LogP contribution in [-0.2, 0) is 26.2 Å². The molecular weight excluding hydrogens is 490 g/mol. The lowest BCUT2D eigenvalue weighted by atomic mass is 10.1. The highest BCUT2D eigenvalue weighted by Crippen LogP contribution is 2.26. The van der Waals surface area contributed by atoms with Crippen molar-refractivity contribution < 1.29 is 22.7 Å². The third-order valence-electron chi connectivity index (χ3n) is 5.77. The van der Waals surface area contributed by atoms with Crippen LogP contribution in [0.1, 0.15) is 25.0 Å². The van der Waals surface area contributed by atoms with Gasteiger partial charge in [-0.25, -0.2) is 8.42 Å². The Hall–Kier alpha value is -3.85. The number of ether oxygens (including phenoxy) is 1. The number of nitrogens with zero attached hydrogens (tertiary/aromatic N) is 2. The summed E-state index contributed by atoms with van der Waals surface area (Å²) < 4.78 is 32.2. The van der Waals surface area contributed by atoms with Gasteiger partial charge in [-0.05, 0) is 62.7 Å². The van der Waals surface area contributed by atoms with Gasteiger partial charge in [-0.1, -0.05) is 48.0 Å². The van der Waals surface area contributed by atoms with Gasteiger partial charge in [0.05, 0.1) is 11.9 Å². The molecule has 3 aromatic rings. The average molecular weight is 524 g/mol. The van der Waals surface area contributed by atoms with Gasteiger partial charge < -0.3 is 15.0 Å². The molecule has 0 radical (unpaired) electrons. The Kier molecular flexibility index (Phi) is 9.30. The van der Waals surface area contributed by atoms with Gasteiger partial charge in [-0.3, -0.25) is 13.9 Å². The van der Waals surface area contributed by atoms with E-state index in [0.717, 1.165) is 21.7 Å². The van der Waals surface area contributed by atoms with Crippen molar-refractivity contribution in [3.63, 3.8) is 0 Å². The van der Waals surface area contributed by atoms with Gasteiger partial charge in [-0.2, -0.15) is 0 Å². The number of carbonyl (C=O) groups excluding carboxylic acids is 2. The van der Waals surface area contributed by atoms with Crippen molar-refractivity contribution in [1.82, 2.24) is 10.2 Å². The van der Waals surface area contributed by atoms with Gasteiger partial charge >= 0.3 is 0 Å². The molecule has 37 heavy (non-hydrogen) atoms. The molecule has 0 aliphatic rings. The van der Waals surface area contributed by atoms with Gasteiger partial charge in [0.1, 0.15) is 24.1 Å². The fourth-order valence-electron chi connectivity index (χ4n) is 3.71. The molecule has 1 atom stereocenters. The number of carbonyl (C=O) groups is 2. The van der Waals surface area contributed by atoms with Crippen molar-refractivity contribution in [3.05, 3.63) is 90.0 Å². The largest absolute Gasteiger partial charge is 0.457 e. The maximum atomic E-state index is 13.5. The molecule has 0 unspecified atom stereocenters. The molecule has 0 aliphatic heterocycles. The van der Waals surface area contributed by atoms with Crippen LogP contribution in [0.25, 0.3) is 0 Å². The van der Waals surface area contributed by atoms with Gasteiger partial charge in [0.25, 0.3) is 0 Å².